The summed E-state index contributed by atoms with van der Waals surface area (Å²) in [5.74, 6) is 0.939. The minimum absolute atomic E-state index is 0.213. The van der Waals surface area contributed by atoms with Crippen LogP contribution in [0.2, 0.25) is 0 Å². The monoisotopic (exact) mass is 163 g/mol. The highest BCUT2D eigenvalue weighted by molar-refractivity contribution is 5.39. The Kier molecular flexibility index (Phi) is 1.58. The van der Waals surface area contributed by atoms with Crippen LogP contribution in [0.25, 0.3) is 0 Å². The Morgan fingerprint density at radius 1 is 1.42 bits per heavy atom. The number of para-hydroxylation sites is 1. The van der Waals surface area contributed by atoms with Gasteiger partial charge < -0.3 is 10.5 Å². The molecule has 0 aliphatic carbocycles. The Labute approximate surface area is 72.3 Å². The average molecular weight is 163 g/mol. The van der Waals surface area contributed by atoms with Gasteiger partial charge in [0.2, 0.25) is 0 Å². The molecule has 1 aromatic rings. The molecule has 1 aliphatic heterocycles. The topological polar surface area (TPSA) is 35.2 Å². The molecule has 1 unspecified atom stereocenters. The fraction of sp³-hybridized carbons (Fsp3) is 0.400. The van der Waals surface area contributed by atoms with E-state index in [9.17, 15) is 0 Å². The highest BCUT2D eigenvalue weighted by Crippen LogP contribution is 2.33. The van der Waals surface area contributed by atoms with Crippen molar-refractivity contribution in [3.8, 4) is 5.75 Å². The molecule has 0 radical (unpaired) electrons. The molecule has 0 saturated carbocycles. The SMILES string of the molecule is CC1(N)CCOc2ccccc21. The first-order chi connectivity index (χ1) is 5.70. The van der Waals surface area contributed by atoms with Crippen molar-refractivity contribution < 1.29 is 4.74 Å². The Morgan fingerprint density at radius 2 is 2.17 bits per heavy atom. The van der Waals surface area contributed by atoms with Crippen LogP contribution in [0.4, 0.5) is 0 Å². The first kappa shape index (κ1) is 7.62. The molecule has 2 rings (SSSR count). The predicted molar refractivity (Wildman–Crippen MR) is 48.1 cm³/mol. The van der Waals surface area contributed by atoms with Gasteiger partial charge in [0.1, 0.15) is 5.75 Å². The lowest BCUT2D eigenvalue weighted by Gasteiger charge is -2.31. The van der Waals surface area contributed by atoms with Gasteiger partial charge in [-0.05, 0) is 13.0 Å². The van der Waals surface area contributed by atoms with Crippen molar-refractivity contribution in [2.24, 2.45) is 5.73 Å². The molecule has 1 heterocycles. The van der Waals surface area contributed by atoms with Crippen LogP contribution in [0.1, 0.15) is 18.9 Å². The number of benzene rings is 1. The second-order valence-corrected chi connectivity index (χ2v) is 3.51. The van der Waals surface area contributed by atoms with Crippen LogP contribution < -0.4 is 10.5 Å². The van der Waals surface area contributed by atoms with Crippen LogP contribution in [-0.4, -0.2) is 6.61 Å². The van der Waals surface area contributed by atoms with E-state index in [1.165, 1.54) is 0 Å². The largest absolute Gasteiger partial charge is 0.493 e. The van der Waals surface area contributed by atoms with Gasteiger partial charge in [-0.1, -0.05) is 18.2 Å². The number of nitrogens with two attached hydrogens (primary N) is 1. The zero-order valence-corrected chi connectivity index (χ0v) is 7.21. The molecule has 0 fully saturated rings. The molecule has 1 aromatic carbocycles. The van der Waals surface area contributed by atoms with Gasteiger partial charge in [-0.2, -0.15) is 0 Å². The van der Waals surface area contributed by atoms with Crippen molar-refractivity contribution >= 4 is 0 Å². The molecule has 2 nitrogen and oxygen atoms in total. The smallest absolute Gasteiger partial charge is 0.124 e. The third kappa shape index (κ3) is 1.08. The van der Waals surface area contributed by atoms with Gasteiger partial charge in [0.25, 0.3) is 0 Å². The Morgan fingerprint density at radius 3 is 2.92 bits per heavy atom. The molecule has 1 aliphatic rings. The second kappa shape index (κ2) is 2.49. The van der Waals surface area contributed by atoms with E-state index in [1.807, 2.05) is 31.2 Å². The summed E-state index contributed by atoms with van der Waals surface area (Å²) >= 11 is 0. The molecule has 64 valence electrons. The zero-order valence-electron chi connectivity index (χ0n) is 7.21. The van der Waals surface area contributed by atoms with Crippen LogP contribution in [-0.2, 0) is 5.54 Å². The highest BCUT2D eigenvalue weighted by Gasteiger charge is 2.28. The summed E-state index contributed by atoms with van der Waals surface area (Å²) < 4.78 is 5.48. The summed E-state index contributed by atoms with van der Waals surface area (Å²) in [6.45, 7) is 2.78. The summed E-state index contributed by atoms with van der Waals surface area (Å²) in [4.78, 5) is 0. The van der Waals surface area contributed by atoms with Crippen molar-refractivity contribution in [3.05, 3.63) is 29.8 Å². The highest BCUT2D eigenvalue weighted by atomic mass is 16.5. The van der Waals surface area contributed by atoms with Gasteiger partial charge in [-0.25, -0.2) is 0 Å². The van der Waals surface area contributed by atoms with Crippen molar-refractivity contribution in [2.75, 3.05) is 6.61 Å². The molecular weight excluding hydrogens is 150 g/mol. The van der Waals surface area contributed by atoms with E-state index in [4.69, 9.17) is 10.5 Å². The third-order valence-corrected chi connectivity index (χ3v) is 2.38. The maximum Gasteiger partial charge on any atom is 0.124 e. The number of fused-ring (bicyclic) bond motifs is 1. The molecule has 0 bridgehead atoms. The summed E-state index contributed by atoms with van der Waals surface area (Å²) in [5.41, 5.74) is 7.02. The van der Waals surface area contributed by atoms with Gasteiger partial charge in [-0.15, -0.1) is 0 Å². The number of rotatable bonds is 0. The molecule has 0 aromatic heterocycles. The van der Waals surface area contributed by atoms with E-state index >= 15 is 0 Å². The van der Waals surface area contributed by atoms with Gasteiger partial charge in [0, 0.05) is 17.5 Å². The van der Waals surface area contributed by atoms with E-state index in [0.29, 0.717) is 0 Å². The summed E-state index contributed by atoms with van der Waals surface area (Å²) in [6.07, 6.45) is 0.893. The summed E-state index contributed by atoms with van der Waals surface area (Å²) in [7, 11) is 0. The van der Waals surface area contributed by atoms with E-state index in [-0.39, 0.29) is 5.54 Å². The van der Waals surface area contributed by atoms with Gasteiger partial charge in [-0.3, -0.25) is 0 Å². The van der Waals surface area contributed by atoms with E-state index in [0.717, 1.165) is 24.3 Å². The standard InChI is InChI=1S/C10H13NO/c1-10(11)6-7-12-9-5-3-2-4-8(9)10/h2-5H,6-7,11H2,1H3. The molecule has 2 heteroatoms. The molecule has 1 atom stereocenters. The van der Waals surface area contributed by atoms with Crippen LogP contribution in [0.5, 0.6) is 5.75 Å². The molecule has 0 amide bonds. The fourth-order valence-electron chi connectivity index (χ4n) is 1.57. The van der Waals surface area contributed by atoms with Crippen LogP contribution in [0, 0.1) is 0 Å². The first-order valence-corrected chi connectivity index (χ1v) is 4.21. The minimum atomic E-state index is -0.213. The van der Waals surface area contributed by atoms with Gasteiger partial charge >= 0.3 is 0 Å². The van der Waals surface area contributed by atoms with Crippen molar-refractivity contribution in [1.29, 1.82) is 0 Å². The van der Waals surface area contributed by atoms with Crippen LogP contribution >= 0.6 is 0 Å². The number of ether oxygens (including phenoxy) is 1. The third-order valence-electron chi connectivity index (χ3n) is 2.38. The van der Waals surface area contributed by atoms with E-state index in [1.54, 1.807) is 0 Å². The van der Waals surface area contributed by atoms with E-state index in [2.05, 4.69) is 0 Å². The predicted octanol–water partition coefficient (Wildman–Crippen LogP) is 1.64. The number of hydrogen-bond acceptors (Lipinski definition) is 2. The Balaban J connectivity index is 2.52. The molecule has 0 spiro atoms. The maximum absolute atomic E-state index is 6.11. The molecule has 0 saturated heterocycles. The van der Waals surface area contributed by atoms with Crippen molar-refractivity contribution in [3.63, 3.8) is 0 Å². The van der Waals surface area contributed by atoms with E-state index < -0.39 is 0 Å². The summed E-state index contributed by atoms with van der Waals surface area (Å²) in [6, 6.07) is 7.98. The van der Waals surface area contributed by atoms with Crippen molar-refractivity contribution in [1.82, 2.24) is 0 Å². The lowest BCUT2D eigenvalue weighted by Crippen LogP contribution is -2.38. The normalized spacial score (nSPS) is 27.5. The quantitative estimate of drug-likeness (QED) is 0.631. The Hall–Kier alpha value is -1.02. The number of hydrogen-bond donors (Lipinski definition) is 1. The lowest BCUT2D eigenvalue weighted by atomic mass is 9.88. The molecular formula is C10H13NO. The molecule has 12 heavy (non-hydrogen) atoms. The minimum Gasteiger partial charge on any atom is -0.493 e. The fourth-order valence-corrected chi connectivity index (χ4v) is 1.57. The second-order valence-electron chi connectivity index (χ2n) is 3.51. The average Bonchev–Trinajstić information content (AvgIpc) is 2.04. The zero-order chi connectivity index (χ0) is 8.60. The van der Waals surface area contributed by atoms with Gasteiger partial charge in [0.15, 0.2) is 0 Å². The van der Waals surface area contributed by atoms with Crippen molar-refractivity contribution in [2.45, 2.75) is 18.9 Å². The Bertz CT molecular complexity index is 294. The molecule has 2 N–H and O–H groups in total. The summed E-state index contributed by atoms with van der Waals surface area (Å²) in [5, 5.41) is 0. The van der Waals surface area contributed by atoms with Gasteiger partial charge in [0.05, 0.1) is 6.61 Å². The first-order valence-electron chi connectivity index (χ1n) is 4.21. The van der Waals surface area contributed by atoms with Crippen LogP contribution in [0.3, 0.4) is 0 Å². The lowest BCUT2D eigenvalue weighted by molar-refractivity contribution is 0.227. The van der Waals surface area contributed by atoms with Crippen LogP contribution in [0.15, 0.2) is 24.3 Å². The maximum atomic E-state index is 6.11.